The van der Waals surface area contributed by atoms with E-state index in [2.05, 4.69) is 48.2 Å². The minimum Gasteiger partial charge on any atom is -0.311 e. The molecule has 1 aromatic carbocycles. The van der Waals surface area contributed by atoms with Crippen molar-refractivity contribution >= 4 is 11.6 Å². The highest BCUT2D eigenvalue weighted by Gasteiger charge is 2.50. The number of anilines is 1. The first-order valence-corrected chi connectivity index (χ1v) is 8.21. The van der Waals surface area contributed by atoms with Gasteiger partial charge in [-0.25, -0.2) is 0 Å². The Bertz CT molecular complexity index is 518. The third kappa shape index (κ3) is 2.48. The molecule has 0 N–H and O–H groups in total. The van der Waals surface area contributed by atoms with Crippen molar-refractivity contribution in [1.29, 1.82) is 0 Å². The lowest BCUT2D eigenvalue weighted by atomic mass is 9.70. The molecule has 1 fully saturated rings. The van der Waals surface area contributed by atoms with Crippen LogP contribution in [-0.2, 0) is 10.2 Å². The summed E-state index contributed by atoms with van der Waals surface area (Å²) >= 11 is 0. The molecule has 0 saturated heterocycles. The maximum Gasteiger partial charge on any atom is 0.237 e. The molecule has 3 heteroatoms. The minimum absolute atomic E-state index is 0.201. The number of fused-ring (bicyclic) bond motifs is 2. The normalized spacial score (nSPS) is 20.3. The van der Waals surface area contributed by atoms with Crippen LogP contribution in [0.4, 0.5) is 5.69 Å². The van der Waals surface area contributed by atoms with Crippen LogP contribution in [0.25, 0.3) is 0 Å². The van der Waals surface area contributed by atoms with Crippen molar-refractivity contribution in [1.82, 2.24) is 4.90 Å². The van der Waals surface area contributed by atoms with Gasteiger partial charge in [-0.3, -0.25) is 4.79 Å². The van der Waals surface area contributed by atoms with E-state index in [0.717, 1.165) is 32.4 Å². The monoisotopic (exact) mass is 286 g/mol. The van der Waals surface area contributed by atoms with E-state index in [1.807, 2.05) is 0 Å². The van der Waals surface area contributed by atoms with Crippen LogP contribution < -0.4 is 4.90 Å². The van der Waals surface area contributed by atoms with Gasteiger partial charge in [0, 0.05) is 12.2 Å². The zero-order chi connectivity index (χ0) is 14.9. The van der Waals surface area contributed by atoms with Crippen molar-refractivity contribution in [2.24, 2.45) is 0 Å². The van der Waals surface area contributed by atoms with Crippen LogP contribution in [0.2, 0.25) is 0 Å². The van der Waals surface area contributed by atoms with E-state index in [4.69, 9.17) is 0 Å². The first kappa shape index (κ1) is 14.6. The van der Waals surface area contributed by atoms with Crippen LogP contribution in [0.5, 0.6) is 0 Å². The number of carbonyl (C=O) groups excluding carboxylic acids is 1. The Balaban J connectivity index is 1.87. The number of hydrogen-bond acceptors (Lipinski definition) is 2. The minimum atomic E-state index is -0.201. The van der Waals surface area contributed by atoms with E-state index in [0.29, 0.717) is 5.91 Å². The highest BCUT2D eigenvalue weighted by molar-refractivity contribution is 6.08. The van der Waals surface area contributed by atoms with Crippen LogP contribution in [0, 0.1) is 0 Å². The Morgan fingerprint density at radius 1 is 1.14 bits per heavy atom. The molecule has 0 radical (unpaired) electrons. The molecule has 1 heterocycles. The Labute approximate surface area is 127 Å². The molecule has 114 valence electrons. The van der Waals surface area contributed by atoms with E-state index in [9.17, 15) is 4.79 Å². The predicted octanol–water partition coefficient (Wildman–Crippen LogP) is 3.19. The molecule has 2 aliphatic rings. The summed E-state index contributed by atoms with van der Waals surface area (Å²) in [7, 11) is 4.17. The van der Waals surface area contributed by atoms with Gasteiger partial charge < -0.3 is 9.80 Å². The molecule has 1 aliphatic heterocycles. The molecule has 1 aliphatic carbocycles. The fourth-order valence-electron chi connectivity index (χ4n) is 4.00. The molecular weight excluding hydrogens is 260 g/mol. The van der Waals surface area contributed by atoms with Gasteiger partial charge in [0.05, 0.1) is 5.41 Å². The standard InChI is InChI=1S/C18H26N2O/c1-19(2)13-8-14-20-16-10-5-4-9-15(16)18(17(20)21)11-6-3-7-12-18/h4-5,9-10H,3,6-8,11-14H2,1-2H3. The maximum atomic E-state index is 13.1. The average Bonchev–Trinajstić information content (AvgIpc) is 2.71. The van der Waals surface area contributed by atoms with Crippen molar-refractivity contribution in [2.75, 3.05) is 32.1 Å². The maximum absolute atomic E-state index is 13.1. The lowest BCUT2D eigenvalue weighted by Crippen LogP contribution is -2.42. The zero-order valence-electron chi connectivity index (χ0n) is 13.3. The van der Waals surface area contributed by atoms with E-state index in [1.54, 1.807) is 0 Å². The summed E-state index contributed by atoms with van der Waals surface area (Å²) in [4.78, 5) is 17.4. The highest BCUT2D eigenvalue weighted by atomic mass is 16.2. The Hall–Kier alpha value is -1.35. The van der Waals surface area contributed by atoms with Crippen molar-refractivity contribution in [3.8, 4) is 0 Å². The van der Waals surface area contributed by atoms with Crippen LogP contribution in [0.1, 0.15) is 44.1 Å². The van der Waals surface area contributed by atoms with Gasteiger partial charge in [-0.2, -0.15) is 0 Å². The summed E-state index contributed by atoms with van der Waals surface area (Å²) in [5, 5.41) is 0. The molecule has 3 nitrogen and oxygen atoms in total. The fraction of sp³-hybridized carbons (Fsp3) is 0.611. The number of amides is 1. The van der Waals surface area contributed by atoms with E-state index >= 15 is 0 Å². The van der Waals surface area contributed by atoms with Crippen LogP contribution >= 0.6 is 0 Å². The summed E-state index contributed by atoms with van der Waals surface area (Å²) in [6.07, 6.45) is 6.75. The second kappa shape index (κ2) is 5.80. The highest BCUT2D eigenvalue weighted by Crippen LogP contribution is 2.49. The molecule has 0 unspecified atom stereocenters. The summed E-state index contributed by atoms with van der Waals surface area (Å²) in [5.74, 6) is 0.363. The van der Waals surface area contributed by atoms with Gasteiger partial charge in [-0.1, -0.05) is 37.5 Å². The van der Waals surface area contributed by atoms with Crippen molar-refractivity contribution < 1.29 is 4.79 Å². The number of benzene rings is 1. The molecular formula is C18H26N2O. The summed E-state index contributed by atoms with van der Waals surface area (Å²) < 4.78 is 0. The molecule has 0 aromatic heterocycles. The van der Waals surface area contributed by atoms with Crippen molar-refractivity contribution in [3.63, 3.8) is 0 Å². The van der Waals surface area contributed by atoms with E-state index in [1.165, 1.54) is 30.5 Å². The first-order chi connectivity index (χ1) is 10.1. The number of nitrogens with zero attached hydrogens (tertiary/aromatic N) is 2. The number of carbonyl (C=O) groups is 1. The third-order valence-electron chi connectivity index (χ3n) is 5.06. The van der Waals surface area contributed by atoms with Gasteiger partial charge in [0.15, 0.2) is 0 Å². The van der Waals surface area contributed by atoms with Crippen LogP contribution in [0.3, 0.4) is 0 Å². The SMILES string of the molecule is CN(C)CCCN1C(=O)C2(CCCCC2)c2ccccc21. The second-order valence-corrected chi connectivity index (χ2v) is 6.77. The van der Waals surface area contributed by atoms with Gasteiger partial charge in [0.1, 0.15) is 0 Å². The average molecular weight is 286 g/mol. The first-order valence-electron chi connectivity index (χ1n) is 8.21. The van der Waals surface area contributed by atoms with Crippen molar-refractivity contribution in [3.05, 3.63) is 29.8 Å². The summed E-state index contributed by atoms with van der Waals surface area (Å²) in [6.45, 7) is 1.87. The Morgan fingerprint density at radius 2 is 1.86 bits per heavy atom. The van der Waals surface area contributed by atoms with Crippen LogP contribution in [0.15, 0.2) is 24.3 Å². The molecule has 0 bridgehead atoms. The molecule has 0 atom stereocenters. The van der Waals surface area contributed by atoms with E-state index in [-0.39, 0.29) is 5.41 Å². The molecule has 1 aromatic rings. The van der Waals surface area contributed by atoms with Crippen molar-refractivity contribution in [2.45, 2.75) is 43.9 Å². The van der Waals surface area contributed by atoms with Gasteiger partial charge in [0.2, 0.25) is 5.91 Å². The van der Waals surface area contributed by atoms with Crippen LogP contribution in [-0.4, -0.2) is 38.0 Å². The second-order valence-electron chi connectivity index (χ2n) is 6.77. The smallest absolute Gasteiger partial charge is 0.237 e. The zero-order valence-corrected chi connectivity index (χ0v) is 13.3. The molecule has 3 rings (SSSR count). The summed E-state index contributed by atoms with van der Waals surface area (Å²) in [5.41, 5.74) is 2.26. The summed E-state index contributed by atoms with van der Waals surface area (Å²) in [6, 6.07) is 8.47. The third-order valence-corrected chi connectivity index (χ3v) is 5.06. The lowest BCUT2D eigenvalue weighted by Gasteiger charge is -2.32. The topological polar surface area (TPSA) is 23.6 Å². The van der Waals surface area contributed by atoms with Gasteiger partial charge in [-0.15, -0.1) is 0 Å². The lowest BCUT2D eigenvalue weighted by molar-refractivity contribution is -0.124. The number of hydrogen-bond donors (Lipinski definition) is 0. The number of para-hydroxylation sites is 1. The predicted molar refractivity (Wildman–Crippen MR) is 86.7 cm³/mol. The Kier molecular flexibility index (Phi) is 4.03. The quantitative estimate of drug-likeness (QED) is 0.848. The number of rotatable bonds is 4. The molecule has 21 heavy (non-hydrogen) atoms. The largest absolute Gasteiger partial charge is 0.311 e. The van der Waals surface area contributed by atoms with Gasteiger partial charge in [-0.05, 0) is 51.5 Å². The molecule has 1 spiro atoms. The van der Waals surface area contributed by atoms with Gasteiger partial charge in [0.25, 0.3) is 0 Å². The Morgan fingerprint density at radius 3 is 2.57 bits per heavy atom. The fourth-order valence-corrected chi connectivity index (χ4v) is 4.00. The van der Waals surface area contributed by atoms with Gasteiger partial charge >= 0.3 is 0 Å². The molecule has 1 amide bonds. The van der Waals surface area contributed by atoms with E-state index < -0.39 is 0 Å². The molecule has 1 saturated carbocycles.